The molecule has 1 aliphatic heterocycles. The van der Waals surface area contributed by atoms with Crippen LogP contribution in [0.5, 0.6) is 0 Å². The molecule has 2 rings (SSSR count). The Bertz CT molecular complexity index is 383. The minimum atomic E-state index is -1.41. The second kappa shape index (κ2) is 4.38. The highest BCUT2D eigenvalue weighted by atomic mass is 32.2. The van der Waals surface area contributed by atoms with Gasteiger partial charge in [0.05, 0.1) is 35.4 Å². The Hall–Kier alpha value is -0.780. The lowest BCUT2D eigenvalue weighted by Crippen LogP contribution is -2.28. The Morgan fingerprint density at radius 3 is 2.87 bits per heavy atom. The van der Waals surface area contributed by atoms with Crippen molar-refractivity contribution in [1.29, 1.82) is 0 Å². The molecule has 1 saturated heterocycles. The summed E-state index contributed by atoms with van der Waals surface area (Å²) in [5, 5.41) is 9.03. The SMILES string of the molecule is O=S(c1cccc(F)c1)C1COCC1O. The minimum absolute atomic E-state index is 0.200. The van der Waals surface area contributed by atoms with Gasteiger partial charge in [-0.15, -0.1) is 0 Å². The molecular weight excluding hydrogens is 219 g/mol. The summed E-state index contributed by atoms with van der Waals surface area (Å²) >= 11 is 0. The van der Waals surface area contributed by atoms with Gasteiger partial charge >= 0.3 is 0 Å². The summed E-state index contributed by atoms with van der Waals surface area (Å²) in [6.07, 6.45) is -0.728. The molecule has 0 aromatic heterocycles. The molecule has 82 valence electrons. The molecule has 1 aromatic carbocycles. The van der Waals surface area contributed by atoms with E-state index in [1.807, 2.05) is 0 Å². The van der Waals surface area contributed by atoms with Crippen LogP contribution < -0.4 is 0 Å². The molecule has 3 nitrogen and oxygen atoms in total. The summed E-state index contributed by atoms with van der Waals surface area (Å²) in [7, 11) is -1.41. The van der Waals surface area contributed by atoms with Crippen LogP contribution in [0, 0.1) is 5.82 Å². The lowest BCUT2D eigenvalue weighted by molar-refractivity contribution is 0.127. The maximum atomic E-state index is 12.9. The van der Waals surface area contributed by atoms with Gasteiger partial charge in [-0.05, 0) is 18.2 Å². The summed E-state index contributed by atoms with van der Waals surface area (Å²) in [6, 6.07) is 5.61. The van der Waals surface area contributed by atoms with Crippen molar-refractivity contribution in [3.8, 4) is 0 Å². The number of benzene rings is 1. The maximum absolute atomic E-state index is 12.9. The number of hydrogen-bond acceptors (Lipinski definition) is 3. The molecule has 1 N–H and O–H groups in total. The first kappa shape index (κ1) is 10.7. The molecule has 0 radical (unpaired) electrons. The van der Waals surface area contributed by atoms with E-state index in [2.05, 4.69) is 0 Å². The molecule has 0 aliphatic carbocycles. The zero-order valence-electron chi connectivity index (χ0n) is 7.93. The Labute approximate surface area is 89.3 Å². The van der Waals surface area contributed by atoms with Gasteiger partial charge in [-0.3, -0.25) is 4.21 Å². The Balaban J connectivity index is 2.20. The Morgan fingerprint density at radius 2 is 2.27 bits per heavy atom. The molecule has 5 heteroatoms. The number of ether oxygens (including phenoxy) is 1. The molecule has 15 heavy (non-hydrogen) atoms. The number of aliphatic hydroxyl groups excluding tert-OH is 1. The van der Waals surface area contributed by atoms with Gasteiger partial charge in [0.1, 0.15) is 5.82 Å². The predicted octanol–water partition coefficient (Wildman–Crippen LogP) is 0.693. The van der Waals surface area contributed by atoms with E-state index in [9.17, 15) is 13.7 Å². The highest BCUT2D eigenvalue weighted by molar-refractivity contribution is 7.85. The van der Waals surface area contributed by atoms with Crippen LogP contribution >= 0.6 is 0 Å². The lowest BCUT2D eigenvalue weighted by atomic mass is 10.3. The van der Waals surface area contributed by atoms with Gasteiger partial charge in [-0.25, -0.2) is 4.39 Å². The van der Waals surface area contributed by atoms with E-state index < -0.39 is 28.0 Å². The van der Waals surface area contributed by atoms with E-state index >= 15 is 0 Å². The Morgan fingerprint density at radius 1 is 1.47 bits per heavy atom. The monoisotopic (exact) mass is 230 g/mol. The van der Waals surface area contributed by atoms with Crippen molar-refractivity contribution in [2.24, 2.45) is 0 Å². The summed E-state index contributed by atoms with van der Waals surface area (Å²) in [4.78, 5) is 0.393. The van der Waals surface area contributed by atoms with Crippen molar-refractivity contribution in [3.05, 3.63) is 30.1 Å². The number of halogens is 1. The largest absolute Gasteiger partial charge is 0.389 e. The number of aliphatic hydroxyl groups is 1. The van der Waals surface area contributed by atoms with Crippen LogP contribution in [0.25, 0.3) is 0 Å². The van der Waals surface area contributed by atoms with Crippen LogP contribution in [-0.2, 0) is 15.5 Å². The first-order chi connectivity index (χ1) is 7.18. The highest BCUT2D eigenvalue weighted by Crippen LogP contribution is 2.19. The molecule has 1 aromatic rings. The molecule has 1 fully saturated rings. The molecule has 0 saturated carbocycles. The highest BCUT2D eigenvalue weighted by Gasteiger charge is 2.32. The standard InChI is InChI=1S/C10H11FO3S/c11-7-2-1-3-8(4-7)15(13)10-6-14-5-9(10)12/h1-4,9-10,12H,5-6H2. The first-order valence-corrected chi connectivity index (χ1v) is 5.82. The van der Waals surface area contributed by atoms with Gasteiger partial charge in [0.25, 0.3) is 0 Å². The average Bonchev–Trinajstić information content (AvgIpc) is 2.63. The average molecular weight is 230 g/mol. The summed E-state index contributed by atoms with van der Waals surface area (Å²) in [6.45, 7) is 0.454. The molecule has 1 aliphatic rings. The van der Waals surface area contributed by atoms with Crippen LogP contribution in [-0.4, -0.2) is 33.9 Å². The number of rotatable bonds is 2. The van der Waals surface area contributed by atoms with Gasteiger partial charge in [-0.1, -0.05) is 6.07 Å². The van der Waals surface area contributed by atoms with Crippen molar-refractivity contribution < 1.29 is 18.4 Å². The van der Waals surface area contributed by atoms with Gasteiger partial charge in [-0.2, -0.15) is 0 Å². The smallest absolute Gasteiger partial charge is 0.124 e. The molecule has 0 amide bonds. The van der Waals surface area contributed by atoms with Crippen LogP contribution in [0.15, 0.2) is 29.2 Å². The van der Waals surface area contributed by atoms with Gasteiger partial charge < -0.3 is 9.84 Å². The van der Waals surface area contributed by atoms with Crippen molar-refractivity contribution in [2.45, 2.75) is 16.2 Å². The van der Waals surface area contributed by atoms with E-state index in [0.29, 0.717) is 4.90 Å². The van der Waals surface area contributed by atoms with Crippen LogP contribution in [0.2, 0.25) is 0 Å². The Kier molecular flexibility index (Phi) is 3.14. The van der Waals surface area contributed by atoms with E-state index in [1.54, 1.807) is 6.07 Å². The van der Waals surface area contributed by atoms with Crippen LogP contribution in [0.4, 0.5) is 4.39 Å². The van der Waals surface area contributed by atoms with E-state index in [0.717, 1.165) is 0 Å². The fraction of sp³-hybridized carbons (Fsp3) is 0.400. The van der Waals surface area contributed by atoms with Gasteiger partial charge in [0.2, 0.25) is 0 Å². The van der Waals surface area contributed by atoms with E-state index in [-0.39, 0.29) is 13.2 Å². The maximum Gasteiger partial charge on any atom is 0.124 e. The second-order valence-corrected chi connectivity index (χ2v) is 5.07. The molecule has 3 atom stereocenters. The lowest BCUT2D eigenvalue weighted by Gasteiger charge is -2.11. The van der Waals surface area contributed by atoms with Crippen molar-refractivity contribution in [2.75, 3.05) is 13.2 Å². The summed E-state index contributed by atoms with van der Waals surface area (Å²) in [5.74, 6) is -0.422. The predicted molar refractivity (Wildman–Crippen MR) is 53.4 cm³/mol. The van der Waals surface area contributed by atoms with Crippen molar-refractivity contribution in [1.82, 2.24) is 0 Å². The quantitative estimate of drug-likeness (QED) is 0.813. The van der Waals surface area contributed by atoms with Gasteiger partial charge in [0, 0.05) is 4.90 Å². The minimum Gasteiger partial charge on any atom is -0.389 e. The third-order valence-corrected chi connectivity index (χ3v) is 4.02. The van der Waals surface area contributed by atoms with Crippen LogP contribution in [0.1, 0.15) is 0 Å². The topological polar surface area (TPSA) is 46.5 Å². The van der Waals surface area contributed by atoms with E-state index in [4.69, 9.17) is 4.74 Å². The van der Waals surface area contributed by atoms with Crippen molar-refractivity contribution in [3.63, 3.8) is 0 Å². The zero-order valence-corrected chi connectivity index (χ0v) is 8.74. The van der Waals surface area contributed by atoms with Crippen LogP contribution in [0.3, 0.4) is 0 Å². The first-order valence-electron chi connectivity index (χ1n) is 4.60. The second-order valence-electron chi connectivity index (χ2n) is 3.40. The molecular formula is C10H11FO3S. The summed E-state index contributed by atoms with van der Waals surface area (Å²) < 4.78 is 29.8. The molecule has 1 heterocycles. The fourth-order valence-electron chi connectivity index (χ4n) is 1.49. The third-order valence-electron chi connectivity index (χ3n) is 2.30. The molecule has 0 spiro atoms. The molecule has 3 unspecified atom stereocenters. The fourth-order valence-corrected chi connectivity index (χ4v) is 2.87. The number of hydrogen-bond donors (Lipinski definition) is 1. The van der Waals surface area contributed by atoms with Crippen molar-refractivity contribution >= 4 is 10.8 Å². The molecule has 0 bridgehead atoms. The summed E-state index contributed by atoms with van der Waals surface area (Å²) in [5.41, 5.74) is 0. The third kappa shape index (κ3) is 2.25. The normalized spacial score (nSPS) is 27.9. The zero-order chi connectivity index (χ0) is 10.8. The van der Waals surface area contributed by atoms with E-state index in [1.165, 1.54) is 18.2 Å². The van der Waals surface area contributed by atoms with Gasteiger partial charge in [0.15, 0.2) is 0 Å².